The fraction of sp³-hybridized carbons (Fsp3) is 0.375. The molecule has 6 heteroatoms. The lowest BCUT2D eigenvalue weighted by Crippen LogP contribution is -2.18. The van der Waals surface area contributed by atoms with Crippen LogP contribution in [0.1, 0.15) is 27.4 Å². The summed E-state index contributed by atoms with van der Waals surface area (Å²) in [6, 6.07) is 5.70. The average molecular weight is 318 g/mol. The van der Waals surface area contributed by atoms with Gasteiger partial charge >= 0.3 is 5.97 Å². The summed E-state index contributed by atoms with van der Waals surface area (Å²) in [5.74, 6) is -1.28. The maximum absolute atomic E-state index is 12.9. The Balaban J connectivity index is 2.01. The number of rotatable bonds is 4. The lowest BCUT2D eigenvalue weighted by atomic mass is 10.1. The second-order valence-electron chi connectivity index (χ2n) is 5.67. The van der Waals surface area contributed by atoms with Gasteiger partial charge < -0.3 is 14.2 Å². The highest BCUT2D eigenvalue weighted by Gasteiger charge is 2.32. The second kappa shape index (κ2) is 5.35. The van der Waals surface area contributed by atoms with E-state index < -0.39 is 11.9 Å². The third-order valence-electron chi connectivity index (χ3n) is 4.31. The molecule has 0 saturated carbocycles. The largest absolute Gasteiger partial charge is 0.481 e. The zero-order valence-electron chi connectivity index (χ0n) is 12.8. The van der Waals surface area contributed by atoms with Crippen LogP contribution in [-0.4, -0.2) is 32.2 Å². The standard InChI is InChI=1S/C16H18N2O3S/c1-9-6-11-7-10(16(20)21)8-18(11)14(9)15(19)12-4-5-13(22-3)17(12)2/h4-6,10H,7-8H2,1-3H3,(H,20,21). The number of carboxylic acids is 1. The number of fused-ring (bicyclic) bond motifs is 1. The van der Waals surface area contributed by atoms with E-state index in [1.165, 1.54) is 0 Å². The lowest BCUT2D eigenvalue weighted by Gasteiger charge is -2.10. The summed E-state index contributed by atoms with van der Waals surface area (Å²) < 4.78 is 3.76. The summed E-state index contributed by atoms with van der Waals surface area (Å²) in [7, 11) is 1.88. The number of carboxylic acid groups (broad SMARTS) is 1. The van der Waals surface area contributed by atoms with Crippen LogP contribution >= 0.6 is 11.8 Å². The average Bonchev–Trinajstić information content (AvgIpc) is 3.10. The minimum atomic E-state index is -0.803. The maximum atomic E-state index is 12.9. The Kier molecular flexibility index (Phi) is 3.64. The summed E-state index contributed by atoms with van der Waals surface area (Å²) in [5, 5.41) is 10.2. The summed E-state index contributed by atoms with van der Waals surface area (Å²) in [5.41, 5.74) is 3.10. The van der Waals surface area contributed by atoms with Gasteiger partial charge in [0.25, 0.3) is 0 Å². The number of nitrogens with zero attached hydrogens (tertiary/aromatic N) is 2. The first-order chi connectivity index (χ1) is 10.4. The summed E-state index contributed by atoms with van der Waals surface area (Å²) in [4.78, 5) is 24.1. The van der Waals surface area contributed by atoms with Gasteiger partial charge in [-0.3, -0.25) is 9.59 Å². The first kappa shape index (κ1) is 15.0. The number of hydrogen-bond acceptors (Lipinski definition) is 3. The predicted octanol–water partition coefficient (Wildman–Crippen LogP) is 2.34. The minimum absolute atomic E-state index is 0.0439. The molecule has 1 aliphatic heterocycles. The van der Waals surface area contributed by atoms with Crippen LogP contribution < -0.4 is 0 Å². The Hall–Kier alpha value is -1.95. The van der Waals surface area contributed by atoms with Crippen LogP contribution in [-0.2, 0) is 24.8 Å². The van der Waals surface area contributed by atoms with E-state index in [0.717, 1.165) is 16.3 Å². The van der Waals surface area contributed by atoms with Crippen molar-refractivity contribution in [3.8, 4) is 0 Å². The smallest absolute Gasteiger partial charge is 0.308 e. The Bertz CT molecular complexity index is 773. The monoisotopic (exact) mass is 318 g/mol. The Labute approximate surface area is 132 Å². The molecule has 1 N–H and O–H groups in total. The maximum Gasteiger partial charge on any atom is 0.308 e. The summed E-state index contributed by atoms with van der Waals surface area (Å²) in [6.45, 7) is 2.28. The van der Waals surface area contributed by atoms with E-state index in [2.05, 4.69) is 0 Å². The molecule has 2 aromatic rings. The van der Waals surface area contributed by atoms with Crippen molar-refractivity contribution in [2.24, 2.45) is 13.0 Å². The molecule has 0 aliphatic carbocycles. The zero-order valence-corrected chi connectivity index (χ0v) is 13.6. The molecular weight excluding hydrogens is 300 g/mol. The van der Waals surface area contributed by atoms with Crippen molar-refractivity contribution in [2.45, 2.75) is 24.9 Å². The quantitative estimate of drug-likeness (QED) is 0.694. The van der Waals surface area contributed by atoms with Crippen LogP contribution in [0.2, 0.25) is 0 Å². The molecule has 0 aromatic carbocycles. The van der Waals surface area contributed by atoms with Crippen molar-refractivity contribution in [1.82, 2.24) is 9.13 Å². The summed E-state index contributed by atoms with van der Waals surface area (Å²) >= 11 is 1.59. The molecule has 116 valence electrons. The van der Waals surface area contributed by atoms with Crippen molar-refractivity contribution in [3.05, 3.63) is 40.8 Å². The highest BCUT2D eigenvalue weighted by molar-refractivity contribution is 7.98. The molecule has 0 radical (unpaired) electrons. The first-order valence-electron chi connectivity index (χ1n) is 7.10. The van der Waals surface area contributed by atoms with Crippen LogP contribution in [0.15, 0.2) is 23.2 Å². The number of ketones is 1. The molecule has 3 rings (SSSR count). The van der Waals surface area contributed by atoms with E-state index in [4.69, 9.17) is 0 Å². The number of carbonyl (C=O) groups is 2. The Morgan fingerprint density at radius 2 is 2.09 bits per heavy atom. The van der Waals surface area contributed by atoms with Gasteiger partial charge in [0.2, 0.25) is 5.78 Å². The molecule has 3 heterocycles. The van der Waals surface area contributed by atoms with Crippen LogP contribution in [0.3, 0.4) is 0 Å². The molecule has 1 atom stereocenters. The molecular formula is C16H18N2O3S. The number of thioether (sulfide) groups is 1. The van der Waals surface area contributed by atoms with E-state index in [-0.39, 0.29) is 5.78 Å². The van der Waals surface area contributed by atoms with Gasteiger partial charge in [-0.2, -0.15) is 0 Å². The normalized spacial score (nSPS) is 16.8. The van der Waals surface area contributed by atoms with E-state index in [0.29, 0.717) is 24.4 Å². The number of hydrogen-bond donors (Lipinski definition) is 1. The molecule has 1 unspecified atom stereocenters. The van der Waals surface area contributed by atoms with Gasteiger partial charge in [0.05, 0.1) is 22.3 Å². The van der Waals surface area contributed by atoms with Crippen molar-refractivity contribution in [1.29, 1.82) is 0 Å². The zero-order chi connectivity index (χ0) is 16.0. The fourth-order valence-electron chi connectivity index (χ4n) is 3.18. The molecule has 0 saturated heterocycles. The van der Waals surface area contributed by atoms with Crippen LogP contribution in [0.25, 0.3) is 0 Å². The number of aliphatic carboxylic acids is 1. The molecule has 0 spiro atoms. The summed E-state index contributed by atoms with van der Waals surface area (Å²) in [6.07, 6.45) is 2.47. The van der Waals surface area contributed by atoms with Gasteiger partial charge in [-0.25, -0.2) is 0 Å². The van der Waals surface area contributed by atoms with Gasteiger partial charge in [0.15, 0.2) is 0 Å². The van der Waals surface area contributed by atoms with Gasteiger partial charge in [-0.15, -0.1) is 11.8 Å². The van der Waals surface area contributed by atoms with Crippen molar-refractivity contribution < 1.29 is 14.7 Å². The van der Waals surface area contributed by atoms with Gasteiger partial charge in [-0.05, 0) is 36.9 Å². The van der Waals surface area contributed by atoms with E-state index in [9.17, 15) is 14.7 Å². The highest BCUT2D eigenvalue weighted by atomic mass is 32.2. The SMILES string of the molecule is CSc1ccc(C(=O)c2c(C)cc3n2CC(C(=O)O)C3)n1C. The van der Waals surface area contributed by atoms with Gasteiger partial charge in [-0.1, -0.05) is 0 Å². The topological polar surface area (TPSA) is 64.2 Å². The molecule has 5 nitrogen and oxygen atoms in total. The second-order valence-corrected chi connectivity index (χ2v) is 6.49. The Morgan fingerprint density at radius 1 is 1.36 bits per heavy atom. The van der Waals surface area contributed by atoms with E-state index in [1.54, 1.807) is 11.8 Å². The van der Waals surface area contributed by atoms with Crippen molar-refractivity contribution >= 4 is 23.5 Å². The highest BCUT2D eigenvalue weighted by Crippen LogP contribution is 2.29. The van der Waals surface area contributed by atoms with Gasteiger partial charge in [0, 0.05) is 25.7 Å². The van der Waals surface area contributed by atoms with Crippen LogP contribution in [0.5, 0.6) is 0 Å². The molecule has 0 amide bonds. The van der Waals surface area contributed by atoms with E-state index in [1.807, 2.05) is 47.6 Å². The first-order valence-corrected chi connectivity index (χ1v) is 8.32. The van der Waals surface area contributed by atoms with Gasteiger partial charge in [0.1, 0.15) is 0 Å². The molecule has 2 aromatic heterocycles. The number of aromatic nitrogens is 2. The lowest BCUT2D eigenvalue weighted by molar-refractivity contribution is -0.141. The fourth-order valence-corrected chi connectivity index (χ4v) is 3.76. The molecule has 0 fully saturated rings. The van der Waals surface area contributed by atoms with Crippen LogP contribution in [0, 0.1) is 12.8 Å². The molecule has 22 heavy (non-hydrogen) atoms. The molecule has 0 bridgehead atoms. The molecule has 1 aliphatic rings. The predicted molar refractivity (Wildman–Crippen MR) is 84.6 cm³/mol. The van der Waals surface area contributed by atoms with Crippen molar-refractivity contribution in [2.75, 3.05) is 6.26 Å². The third kappa shape index (κ3) is 2.18. The van der Waals surface area contributed by atoms with Crippen molar-refractivity contribution in [3.63, 3.8) is 0 Å². The number of carbonyl (C=O) groups excluding carboxylic acids is 1. The number of aryl methyl sites for hydroxylation is 1. The van der Waals surface area contributed by atoms with E-state index >= 15 is 0 Å². The Morgan fingerprint density at radius 3 is 2.68 bits per heavy atom. The van der Waals surface area contributed by atoms with Crippen LogP contribution in [0.4, 0.5) is 0 Å². The minimum Gasteiger partial charge on any atom is -0.481 e. The third-order valence-corrected chi connectivity index (χ3v) is 5.14.